The Morgan fingerprint density at radius 1 is 1.43 bits per heavy atom. The molecule has 2 aliphatic carbocycles. The first kappa shape index (κ1) is 3.71. The van der Waals surface area contributed by atoms with Gasteiger partial charge < -0.3 is 0 Å². The molecular weight excluding hydrogens is 84.1 g/mol. The Morgan fingerprint density at radius 2 is 2.14 bits per heavy atom. The van der Waals surface area contributed by atoms with Gasteiger partial charge in [-0.25, -0.2) is 0 Å². The van der Waals surface area contributed by atoms with E-state index in [9.17, 15) is 0 Å². The van der Waals surface area contributed by atoms with Gasteiger partial charge in [-0.2, -0.15) is 0 Å². The zero-order valence-electron chi connectivity index (χ0n) is 4.41. The molecule has 2 aliphatic rings. The van der Waals surface area contributed by atoms with Crippen LogP contribution in [0, 0.1) is 11.5 Å². The van der Waals surface area contributed by atoms with Gasteiger partial charge in [-0.3, -0.25) is 0 Å². The SMILES string of the molecule is [C]1=CCC12CCC2. The van der Waals surface area contributed by atoms with Crippen LogP contribution in [0.15, 0.2) is 6.08 Å². The average molecular weight is 93.1 g/mol. The largest absolute Gasteiger partial charge is 0.0796 e. The zero-order chi connectivity index (χ0) is 4.74. The van der Waals surface area contributed by atoms with Gasteiger partial charge in [-0.05, 0) is 30.8 Å². The van der Waals surface area contributed by atoms with E-state index in [0.29, 0.717) is 5.41 Å². The fourth-order valence-electron chi connectivity index (χ4n) is 1.34. The van der Waals surface area contributed by atoms with E-state index in [4.69, 9.17) is 0 Å². The van der Waals surface area contributed by atoms with Crippen LogP contribution >= 0.6 is 0 Å². The molecule has 7 heavy (non-hydrogen) atoms. The predicted octanol–water partition coefficient (Wildman–Crippen LogP) is 1.92. The topological polar surface area (TPSA) is 0 Å². The molecule has 0 bridgehead atoms. The molecule has 0 aromatic rings. The minimum absolute atomic E-state index is 0.639. The van der Waals surface area contributed by atoms with Gasteiger partial charge in [0.15, 0.2) is 0 Å². The van der Waals surface area contributed by atoms with Crippen molar-refractivity contribution in [3.8, 4) is 0 Å². The second kappa shape index (κ2) is 0.936. The summed E-state index contributed by atoms with van der Waals surface area (Å²) in [7, 11) is 0. The highest BCUT2D eigenvalue weighted by molar-refractivity contribution is 5.10. The van der Waals surface area contributed by atoms with Gasteiger partial charge in [0.05, 0.1) is 0 Å². The van der Waals surface area contributed by atoms with Crippen LogP contribution in [-0.2, 0) is 0 Å². The molecule has 0 aromatic carbocycles. The van der Waals surface area contributed by atoms with Gasteiger partial charge in [0.1, 0.15) is 0 Å². The van der Waals surface area contributed by atoms with E-state index in [-0.39, 0.29) is 0 Å². The van der Waals surface area contributed by atoms with Gasteiger partial charge in [-0.1, -0.05) is 12.5 Å². The lowest BCUT2D eigenvalue weighted by Gasteiger charge is -2.43. The summed E-state index contributed by atoms with van der Waals surface area (Å²) in [5, 5.41) is 0. The lowest BCUT2D eigenvalue weighted by molar-refractivity contribution is 0.170. The molecule has 0 amide bonds. The van der Waals surface area contributed by atoms with E-state index in [1.165, 1.54) is 25.7 Å². The molecule has 0 aliphatic heterocycles. The van der Waals surface area contributed by atoms with Gasteiger partial charge >= 0.3 is 0 Å². The maximum absolute atomic E-state index is 3.33. The van der Waals surface area contributed by atoms with E-state index in [2.05, 4.69) is 12.2 Å². The molecule has 1 saturated carbocycles. The second-order valence-corrected chi connectivity index (χ2v) is 2.69. The zero-order valence-corrected chi connectivity index (χ0v) is 4.41. The average Bonchev–Trinajstić information content (AvgIpc) is 1.20. The Balaban J connectivity index is 2.15. The molecule has 0 nitrogen and oxygen atoms in total. The highest BCUT2D eigenvalue weighted by atomic mass is 14.4. The van der Waals surface area contributed by atoms with Crippen LogP contribution in [0.25, 0.3) is 0 Å². The maximum atomic E-state index is 3.33. The van der Waals surface area contributed by atoms with Crippen molar-refractivity contribution in [1.29, 1.82) is 0 Å². The summed E-state index contributed by atoms with van der Waals surface area (Å²) in [5.41, 5.74) is 0.639. The van der Waals surface area contributed by atoms with E-state index in [1.807, 2.05) is 0 Å². The number of hydrogen-bond donors (Lipinski definition) is 0. The van der Waals surface area contributed by atoms with Crippen molar-refractivity contribution >= 4 is 0 Å². The lowest BCUT2D eigenvalue weighted by Crippen LogP contribution is -2.31. The number of rotatable bonds is 0. The molecule has 2 rings (SSSR count). The molecule has 0 N–H and O–H groups in total. The van der Waals surface area contributed by atoms with Crippen molar-refractivity contribution in [2.75, 3.05) is 0 Å². The van der Waals surface area contributed by atoms with E-state index >= 15 is 0 Å². The van der Waals surface area contributed by atoms with Crippen molar-refractivity contribution in [2.45, 2.75) is 25.7 Å². The summed E-state index contributed by atoms with van der Waals surface area (Å²) in [6, 6.07) is 0. The van der Waals surface area contributed by atoms with E-state index < -0.39 is 0 Å². The summed E-state index contributed by atoms with van der Waals surface area (Å²) in [5.74, 6) is 0. The van der Waals surface area contributed by atoms with Crippen LogP contribution < -0.4 is 0 Å². The smallest absolute Gasteiger partial charge is 0.00126 e. The molecule has 0 unspecified atom stereocenters. The third kappa shape index (κ3) is 0.324. The minimum Gasteiger partial charge on any atom is -0.0796 e. The number of allylic oxidation sites excluding steroid dienone is 2. The Kier molecular flexibility index (Phi) is 0.495. The first-order chi connectivity index (χ1) is 3.41. The molecule has 37 valence electrons. The second-order valence-electron chi connectivity index (χ2n) is 2.69. The highest BCUT2D eigenvalue weighted by Gasteiger charge is 2.37. The van der Waals surface area contributed by atoms with Crippen LogP contribution in [0.5, 0.6) is 0 Å². The fourth-order valence-corrected chi connectivity index (χ4v) is 1.34. The highest BCUT2D eigenvalue weighted by Crippen LogP contribution is 2.49. The predicted molar refractivity (Wildman–Crippen MR) is 28.7 cm³/mol. The monoisotopic (exact) mass is 93.1 g/mol. The molecule has 1 radical (unpaired) electrons. The first-order valence-corrected chi connectivity index (χ1v) is 3.01. The molecule has 1 spiro atoms. The van der Waals surface area contributed by atoms with Crippen LogP contribution in [0.1, 0.15) is 25.7 Å². The molecule has 1 fully saturated rings. The Labute approximate surface area is 44.2 Å². The lowest BCUT2D eigenvalue weighted by atomic mass is 9.61. The maximum Gasteiger partial charge on any atom is -0.00126 e. The molecule has 0 aromatic heterocycles. The molecule has 0 heterocycles. The minimum atomic E-state index is 0.639. The van der Waals surface area contributed by atoms with E-state index in [0.717, 1.165) is 0 Å². The summed E-state index contributed by atoms with van der Waals surface area (Å²) in [6.07, 6.45) is 11.1. The van der Waals surface area contributed by atoms with Crippen molar-refractivity contribution < 1.29 is 0 Å². The first-order valence-electron chi connectivity index (χ1n) is 3.01. The standard InChI is InChI=1S/C7H9/c1-3-7(4-1)5-2-6-7/h1H,2-3,5-6H2. The van der Waals surface area contributed by atoms with Crippen molar-refractivity contribution in [2.24, 2.45) is 5.41 Å². The molecule has 0 atom stereocenters. The summed E-state index contributed by atoms with van der Waals surface area (Å²) in [4.78, 5) is 0. The fraction of sp³-hybridized carbons (Fsp3) is 0.714. The summed E-state index contributed by atoms with van der Waals surface area (Å²) < 4.78 is 0. The van der Waals surface area contributed by atoms with Gasteiger partial charge in [0, 0.05) is 0 Å². The van der Waals surface area contributed by atoms with Crippen molar-refractivity contribution in [3.05, 3.63) is 12.2 Å². The van der Waals surface area contributed by atoms with E-state index in [1.54, 1.807) is 0 Å². The normalized spacial score (nSPS) is 32.0. The molecule has 0 saturated heterocycles. The van der Waals surface area contributed by atoms with Crippen LogP contribution in [0.2, 0.25) is 0 Å². The van der Waals surface area contributed by atoms with Crippen LogP contribution in [0.3, 0.4) is 0 Å². The summed E-state index contributed by atoms with van der Waals surface area (Å²) >= 11 is 0. The van der Waals surface area contributed by atoms with Gasteiger partial charge in [0.2, 0.25) is 0 Å². The Hall–Kier alpha value is -0.260. The molecular formula is C7H9. The van der Waals surface area contributed by atoms with Crippen LogP contribution in [0.4, 0.5) is 0 Å². The van der Waals surface area contributed by atoms with Crippen LogP contribution in [-0.4, -0.2) is 0 Å². The third-order valence-electron chi connectivity index (χ3n) is 2.21. The van der Waals surface area contributed by atoms with Crippen molar-refractivity contribution in [1.82, 2.24) is 0 Å². The third-order valence-corrected chi connectivity index (χ3v) is 2.21. The van der Waals surface area contributed by atoms with Crippen molar-refractivity contribution in [3.63, 3.8) is 0 Å². The molecule has 0 heteroatoms. The Morgan fingerprint density at radius 3 is 2.14 bits per heavy atom. The van der Waals surface area contributed by atoms with Gasteiger partial charge in [-0.15, -0.1) is 0 Å². The van der Waals surface area contributed by atoms with Gasteiger partial charge in [0.25, 0.3) is 0 Å². The summed E-state index contributed by atoms with van der Waals surface area (Å²) in [6.45, 7) is 0. The quantitative estimate of drug-likeness (QED) is 0.429. The Bertz CT molecular complexity index is 107. The number of hydrogen-bond acceptors (Lipinski definition) is 0.